The number of morpholine rings is 1. The first kappa shape index (κ1) is 16.2. The highest BCUT2D eigenvalue weighted by Gasteiger charge is 2.23. The molecule has 1 amide bonds. The molecule has 3 heterocycles. The summed E-state index contributed by atoms with van der Waals surface area (Å²) in [6.45, 7) is 7.99. The molecule has 3 atom stereocenters. The highest BCUT2D eigenvalue weighted by atomic mass is 16.5. The number of rotatable bonds is 4. The summed E-state index contributed by atoms with van der Waals surface area (Å²) in [5, 5.41) is 2.96. The van der Waals surface area contributed by atoms with Crippen LogP contribution in [0.25, 0.3) is 0 Å². The minimum atomic E-state index is -0.0698. The Balaban J connectivity index is 1.56. The molecular weight excluding hydrogens is 294 g/mol. The number of anilines is 1. The molecule has 23 heavy (non-hydrogen) atoms. The summed E-state index contributed by atoms with van der Waals surface area (Å²) >= 11 is 0. The highest BCUT2D eigenvalue weighted by molar-refractivity contribution is 5.94. The Hall–Kier alpha value is -1.66. The van der Waals surface area contributed by atoms with Gasteiger partial charge in [0.15, 0.2) is 0 Å². The van der Waals surface area contributed by atoms with Crippen LogP contribution in [-0.2, 0) is 9.47 Å². The van der Waals surface area contributed by atoms with E-state index in [4.69, 9.17) is 9.47 Å². The molecule has 2 fully saturated rings. The van der Waals surface area contributed by atoms with Gasteiger partial charge in [0.1, 0.15) is 5.82 Å². The second-order valence-electron chi connectivity index (χ2n) is 6.51. The SMILES string of the molecule is C[C@@H]1CN(c2ccc(C(=O)NC[C@@H]3CCOC3)cn2)C[C@@H](C)O1. The van der Waals surface area contributed by atoms with Gasteiger partial charge in [-0.05, 0) is 32.4 Å². The molecule has 0 spiro atoms. The van der Waals surface area contributed by atoms with Crippen molar-refractivity contribution in [1.29, 1.82) is 0 Å². The lowest BCUT2D eigenvalue weighted by Gasteiger charge is -2.36. The molecule has 2 aliphatic rings. The van der Waals surface area contributed by atoms with E-state index < -0.39 is 0 Å². The second-order valence-corrected chi connectivity index (χ2v) is 6.51. The Kier molecular flexibility index (Phi) is 5.13. The molecule has 1 aromatic rings. The van der Waals surface area contributed by atoms with Crippen molar-refractivity contribution in [2.45, 2.75) is 32.5 Å². The number of hydrogen-bond acceptors (Lipinski definition) is 5. The predicted octanol–water partition coefficient (Wildman–Crippen LogP) is 1.46. The van der Waals surface area contributed by atoms with Crippen LogP contribution in [-0.4, -0.2) is 55.9 Å². The number of nitrogens with one attached hydrogen (secondary N) is 1. The third kappa shape index (κ3) is 4.20. The normalized spacial score (nSPS) is 27.9. The summed E-state index contributed by atoms with van der Waals surface area (Å²) in [5.41, 5.74) is 0.599. The summed E-state index contributed by atoms with van der Waals surface area (Å²) in [5.74, 6) is 1.26. The first-order valence-corrected chi connectivity index (χ1v) is 8.34. The van der Waals surface area contributed by atoms with Gasteiger partial charge in [0.2, 0.25) is 0 Å². The van der Waals surface area contributed by atoms with Crippen molar-refractivity contribution in [3.63, 3.8) is 0 Å². The molecular formula is C17H25N3O3. The molecule has 0 saturated carbocycles. The van der Waals surface area contributed by atoms with E-state index in [1.165, 1.54) is 0 Å². The van der Waals surface area contributed by atoms with E-state index in [9.17, 15) is 4.79 Å². The zero-order chi connectivity index (χ0) is 16.2. The summed E-state index contributed by atoms with van der Waals surface area (Å²) in [4.78, 5) is 18.8. The lowest BCUT2D eigenvalue weighted by molar-refractivity contribution is -0.00546. The number of amides is 1. The summed E-state index contributed by atoms with van der Waals surface area (Å²) in [6, 6.07) is 3.76. The van der Waals surface area contributed by atoms with Crippen molar-refractivity contribution in [2.24, 2.45) is 5.92 Å². The van der Waals surface area contributed by atoms with E-state index in [0.29, 0.717) is 18.0 Å². The van der Waals surface area contributed by atoms with Gasteiger partial charge < -0.3 is 19.7 Å². The third-order valence-corrected chi connectivity index (χ3v) is 4.33. The Labute approximate surface area is 137 Å². The molecule has 1 N–H and O–H groups in total. The van der Waals surface area contributed by atoms with Gasteiger partial charge in [0.25, 0.3) is 5.91 Å². The monoisotopic (exact) mass is 319 g/mol. The van der Waals surface area contributed by atoms with Crippen LogP contribution < -0.4 is 10.2 Å². The zero-order valence-electron chi connectivity index (χ0n) is 13.8. The third-order valence-electron chi connectivity index (χ3n) is 4.33. The van der Waals surface area contributed by atoms with Gasteiger partial charge in [-0.15, -0.1) is 0 Å². The fourth-order valence-corrected chi connectivity index (χ4v) is 3.16. The Morgan fingerprint density at radius 1 is 1.35 bits per heavy atom. The quantitative estimate of drug-likeness (QED) is 0.910. The molecule has 1 aromatic heterocycles. The van der Waals surface area contributed by atoms with Crippen LogP contribution in [0.3, 0.4) is 0 Å². The molecule has 0 unspecified atom stereocenters. The Morgan fingerprint density at radius 3 is 2.74 bits per heavy atom. The molecule has 2 aliphatic heterocycles. The van der Waals surface area contributed by atoms with Crippen LogP contribution in [0.15, 0.2) is 18.3 Å². The van der Waals surface area contributed by atoms with Gasteiger partial charge in [-0.2, -0.15) is 0 Å². The van der Waals surface area contributed by atoms with Gasteiger partial charge in [0.05, 0.1) is 24.4 Å². The van der Waals surface area contributed by atoms with E-state index in [0.717, 1.165) is 38.5 Å². The van der Waals surface area contributed by atoms with Gasteiger partial charge in [0, 0.05) is 38.4 Å². The van der Waals surface area contributed by atoms with Gasteiger partial charge >= 0.3 is 0 Å². The van der Waals surface area contributed by atoms with E-state index in [2.05, 4.69) is 29.0 Å². The maximum Gasteiger partial charge on any atom is 0.252 e. The van der Waals surface area contributed by atoms with Crippen molar-refractivity contribution in [3.05, 3.63) is 23.9 Å². The number of aromatic nitrogens is 1. The minimum Gasteiger partial charge on any atom is -0.381 e. The number of ether oxygens (including phenoxy) is 2. The van der Waals surface area contributed by atoms with E-state index in [1.54, 1.807) is 6.20 Å². The molecule has 0 radical (unpaired) electrons. The lowest BCUT2D eigenvalue weighted by atomic mass is 10.1. The molecule has 0 aromatic carbocycles. The standard InChI is InChI=1S/C17H25N3O3/c1-12-9-20(10-13(2)23-12)16-4-3-15(8-18-16)17(21)19-7-14-5-6-22-11-14/h3-4,8,12-14H,5-7,9-11H2,1-2H3,(H,19,21)/t12-,13-,14+/m1/s1. The first-order valence-electron chi connectivity index (χ1n) is 8.34. The van der Waals surface area contributed by atoms with Crippen molar-refractivity contribution in [2.75, 3.05) is 37.7 Å². The largest absolute Gasteiger partial charge is 0.381 e. The van der Waals surface area contributed by atoms with Crippen LogP contribution >= 0.6 is 0 Å². The highest BCUT2D eigenvalue weighted by Crippen LogP contribution is 2.18. The molecule has 3 rings (SSSR count). The number of nitrogens with zero attached hydrogens (tertiary/aromatic N) is 2. The number of hydrogen-bond donors (Lipinski definition) is 1. The second kappa shape index (κ2) is 7.27. The fraction of sp³-hybridized carbons (Fsp3) is 0.647. The average Bonchev–Trinajstić information content (AvgIpc) is 3.05. The molecule has 126 valence electrons. The van der Waals surface area contributed by atoms with Crippen LogP contribution in [0.2, 0.25) is 0 Å². The Morgan fingerprint density at radius 2 is 2.13 bits per heavy atom. The summed E-state index contributed by atoms with van der Waals surface area (Å²) in [7, 11) is 0. The molecule has 0 aliphatic carbocycles. The fourth-order valence-electron chi connectivity index (χ4n) is 3.16. The molecule has 2 saturated heterocycles. The van der Waals surface area contributed by atoms with E-state index >= 15 is 0 Å². The molecule has 6 nitrogen and oxygen atoms in total. The number of carbonyl (C=O) groups excluding carboxylic acids is 1. The topological polar surface area (TPSA) is 63.7 Å². The minimum absolute atomic E-state index is 0.0698. The lowest BCUT2D eigenvalue weighted by Crippen LogP contribution is -2.45. The van der Waals surface area contributed by atoms with Crippen LogP contribution in [0.5, 0.6) is 0 Å². The van der Waals surface area contributed by atoms with Gasteiger partial charge in [-0.3, -0.25) is 4.79 Å². The smallest absolute Gasteiger partial charge is 0.252 e. The number of carbonyl (C=O) groups is 1. The summed E-state index contributed by atoms with van der Waals surface area (Å²) < 4.78 is 11.1. The molecule has 0 bridgehead atoms. The predicted molar refractivity (Wildman–Crippen MR) is 87.7 cm³/mol. The van der Waals surface area contributed by atoms with Crippen LogP contribution in [0.4, 0.5) is 5.82 Å². The van der Waals surface area contributed by atoms with Crippen molar-refractivity contribution in [3.8, 4) is 0 Å². The molecule has 6 heteroatoms. The first-order chi connectivity index (χ1) is 11.1. The van der Waals surface area contributed by atoms with Crippen molar-refractivity contribution >= 4 is 11.7 Å². The van der Waals surface area contributed by atoms with Gasteiger partial charge in [-0.25, -0.2) is 4.98 Å². The Bertz CT molecular complexity index is 518. The van der Waals surface area contributed by atoms with Gasteiger partial charge in [-0.1, -0.05) is 0 Å². The maximum atomic E-state index is 12.2. The van der Waals surface area contributed by atoms with Crippen LogP contribution in [0.1, 0.15) is 30.6 Å². The zero-order valence-corrected chi connectivity index (χ0v) is 13.8. The average molecular weight is 319 g/mol. The maximum absolute atomic E-state index is 12.2. The van der Waals surface area contributed by atoms with Crippen molar-refractivity contribution in [1.82, 2.24) is 10.3 Å². The number of pyridine rings is 1. The van der Waals surface area contributed by atoms with Crippen molar-refractivity contribution < 1.29 is 14.3 Å². The summed E-state index contributed by atoms with van der Waals surface area (Å²) in [6.07, 6.45) is 3.06. The van der Waals surface area contributed by atoms with Crippen LogP contribution in [0, 0.1) is 5.92 Å². The van der Waals surface area contributed by atoms with E-state index in [-0.39, 0.29) is 18.1 Å². The van der Waals surface area contributed by atoms with E-state index in [1.807, 2.05) is 12.1 Å².